The normalized spacial score (nSPS) is 15.9. The van der Waals surface area contributed by atoms with Gasteiger partial charge >= 0.3 is 0 Å². The van der Waals surface area contributed by atoms with Crippen LogP contribution in [0, 0.1) is 0 Å². The van der Waals surface area contributed by atoms with Crippen molar-refractivity contribution in [1.82, 2.24) is 4.90 Å². The Morgan fingerprint density at radius 3 is 2.39 bits per heavy atom. The number of ether oxygens (including phenoxy) is 2. The summed E-state index contributed by atoms with van der Waals surface area (Å²) < 4.78 is 11.5. The molecule has 0 spiro atoms. The van der Waals surface area contributed by atoms with Crippen molar-refractivity contribution >= 4 is 17.5 Å². The predicted octanol–water partition coefficient (Wildman–Crippen LogP) is 4.00. The first-order valence-electron chi connectivity index (χ1n) is 10.4. The quantitative estimate of drug-likeness (QED) is 0.620. The van der Waals surface area contributed by atoms with Gasteiger partial charge < -0.3 is 19.7 Å². The topological polar surface area (TPSA) is 67.9 Å². The van der Waals surface area contributed by atoms with Crippen LogP contribution < -0.4 is 10.1 Å². The molecule has 1 N–H and O–H groups in total. The second kappa shape index (κ2) is 11.1. The molecular weight excluding hydrogens is 356 g/mol. The first kappa shape index (κ1) is 22.2. The van der Waals surface area contributed by atoms with Crippen molar-refractivity contribution in [2.75, 3.05) is 31.6 Å². The Morgan fingerprint density at radius 2 is 1.79 bits per heavy atom. The van der Waals surface area contributed by atoms with Gasteiger partial charge in [-0.1, -0.05) is 26.7 Å². The Morgan fingerprint density at radius 1 is 1.11 bits per heavy atom. The number of nitrogens with zero attached hydrogens (tertiary/aromatic N) is 1. The van der Waals surface area contributed by atoms with Gasteiger partial charge in [-0.2, -0.15) is 0 Å². The maximum Gasteiger partial charge on any atom is 0.260 e. The predicted molar refractivity (Wildman–Crippen MR) is 111 cm³/mol. The van der Waals surface area contributed by atoms with Crippen LogP contribution in [0.3, 0.4) is 0 Å². The Labute approximate surface area is 168 Å². The van der Waals surface area contributed by atoms with E-state index in [-0.39, 0.29) is 18.4 Å². The van der Waals surface area contributed by atoms with E-state index in [0.717, 1.165) is 45.2 Å². The van der Waals surface area contributed by atoms with Gasteiger partial charge in [0.25, 0.3) is 11.8 Å². The molecule has 6 nitrogen and oxygen atoms in total. The summed E-state index contributed by atoms with van der Waals surface area (Å²) >= 11 is 0. The van der Waals surface area contributed by atoms with Crippen molar-refractivity contribution in [2.24, 2.45) is 0 Å². The van der Waals surface area contributed by atoms with E-state index in [0.29, 0.717) is 24.5 Å². The van der Waals surface area contributed by atoms with Crippen molar-refractivity contribution in [2.45, 2.75) is 64.9 Å². The summed E-state index contributed by atoms with van der Waals surface area (Å²) in [7, 11) is 0. The minimum Gasteiger partial charge on any atom is -0.484 e. The van der Waals surface area contributed by atoms with Crippen LogP contribution in [0.15, 0.2) is 24.3 Å². The van der Waals surface area contributed by atoms with E-state index in [2.05, 4.69) is 12.2 Å². The Balaban J connectivity index is 1.88. The van der Waals surface area contributed by atoms with Gasteiger partial charge in [0, 0.05) is 25.4 Å². The van der Waals surface area contributed by atoms with E-state index in [4.69, 9.17) is 9.47 Å². The fourth-order valence-corrected chi connectivity index (χ4v) is 3.19. The highest BCUT2D eigenvalue weighted by Crippen LogP contribution is 2.23. The highest BCUT2D eigenvalue weighted by atomic mass is 16.5. The molecule has 28 heavy (non-hydrogen) atoms. The molecule has 0 saturated carbocycles. The van der Waals surface area contributed by atoms with Crippen LogP contribution in [0.25, 0.3) is 0 Å². The van der Waals surface area contributed by atoms with Crippen molar-refractivity contribution in [1.29, 1.82) is 0 Å². The van der Waals surface area contributed by atoms with Crippen molar-refractivity contribution in [3.63, 3.8) is 0 Å². The van der Waals surface area contributed by atoms with E-state index in [9.17, 15) is 9.59 Å². The standard InChI is InChI=1S/C22H34N2O4/c1-4-6-13-22(3,28-16-5-2)21(26)23-18-9-11-19(12-10-18)27-17-20(25)24-14-7-8-15-24/h9-12H,4-8,13-17H2,1-3H3,(H,23,26)/t22-/m0/s1. The smallest absolute Gasteiger partial charge is 0.260 e. The second-order valence-corrected chi connectivity index (χ2v) is 7.54. The van der Waals surface area contributed by atoms with Crippen LogP contribution in [-0.4, -0.2) is 48.6 Å². The number of hydrogen-bond acceptors (Lipinski definition) is 4. The molecule has 1 saturated heterocycles. The summed E-state index contributed by atoms with van der Waals surface area (Å²) in [4.78, 5) is 26.7. The highest BCUT2D eigenvalue weighted by molar-refractivity contribution is 5.97. The maximum absolute atomic E-state index is 12.8. The fourth-order valence-electron chi connectivity index (χ4n) is 3.19. The highest BCUT2D eigenvalue weighted by Gasteiger charge is 2.33. The molecule has 0 radical (unpaired) electrons. The minimum atomic E-state index is -0.830. The van der Waals surface area contributed by atoms with Crippen LogP contribution >= 0.6 is 0 Å². The second-order valence-electron chi connectivity index (χ2n) is 7.54. The van der Waals surface area contributed by atoms with Crippen LogP contribution in [0.4, 0.5) is 5.69 Å². The van der Waals surface area contributed by atoms with Gasteiger partial charge in [0.1, 0.15) is 11.4 Å². The first-order valence-corrected chi connectivity index (χ1v) is 10.4. The molecule has 6 heteroatoms. The first-order chi connectivity index (χ1) is 13.5. The Kier molecular flexibility index (Phi) is 8.77. The lowest BCUT2D eigenvalue weighted by Gasteiger charge is -2.28. The molecule has 1 aromatic carbocycles. The van der Waals surface area contributed by atoms with Gasteiger partial charge in [-0.25, -0.2) is 0 Å². The van der Waals surface area contributed by atoms with E-state index in [1.165, 1.54) is 0 Å². The van der Waals surface area contributed by atoms with Crippen molar-refractivity contribution in [3.8, 4) is 5.75 Å². The lowest BCUT2D eigenvalue weighted by atomic mass is 9.97. The lowest BCUT2D eigenvalue weighted by molar-refractivity contribution is -0.140. The molecule has 1 fully saturated rings. The number of anilines is 1. The molecule has 1 aliphatic heterocycles. The van der Waals surface area contributed by atoms with E-state index >= 15 is 0 Å². The van der Waals surface area contributed by atoms with Crippen LogP contribution in [-0.2, 0) is 14.3 Å². The zero-order valence-electron chi connectivity index (χ0n) is 17.5. The summed E-state index contributed by atoms with van der Waals surface area (Å²) in [5.41, 5.74) is -0.144. The van der Waals surface area contributed by atoms with Crippen LogP contribution in [0.5, 0.6) is 5.75 Å². The summed E-state index contributed by atoms with van der Waals surface area (Å²) in [5.74, 6) is 0.503. The van der Waals surface area contributed by atoms with E-state index < -0.39 is 5.60 Å². The number of likely N-dealkylation sites (tertiary alicyclic amines) is 1. The SMILES string of the molecule is CCCC[C@](C)(OCCC)C(=O)Nc1ccc(OCC(=O)N2CCCC2)cc1. The molecule has 0 aromatic heterocycles. The molecule has 1 aromatic rings. The number of benzene rings is 1. The molecule has 2 rings (SSSR count). The van der Waals surface area contributed by atoms with Gasteiger partial charge in [0.15, 0.2) is 6.61 Å². The number of nitrogens with one attached hydrogen (secondary N) is 1. The number of hydrogen-bond donors (Lipinski definition) is 1. The number of amides is 2. The summed E-state index contributed by atoms with van der Waals surface area (Å²) in [6, 6.07) is 7.10. The number of rotatable bonds is 11. The molecule has 1 atom stereocenters. The van der Waals surface area contributed by atoms with Gasteiger partial charge in [-0.05, 0) is 56.9 Å². The Hall–Kier alpha value is -2.08. The summed E-state index contributed by atoms with van der Waals surface area (Å²) in [6.07, 6.45) is 5.65. The van der Waals surface area contributed by atoms with Gasteiger partial charge in [-0.3, -0.25) is 9.59 Å². The largest absolute Gasteiger partial charge is 0.484 e. The molecule has 0 unspecified atom stereocenters. The molecule has 1 aliphatic rings. The molecular formula is C22H34N2O4. The number of carbonyl (C=O) groups is 2. The van der Waals surface area contributed by atoms with Crippen molar-refractivity contribution in [3.05, 3.63) is 24.3 Å². The third-order valence-corrected chi connectivity index (χ3v) is 5.05. The molecule has 1 heterocycles. The van der Waals surface area contributed by atoms with Gasteiger partial charge in [-0.15, -0.1) is 0 Å². The Bertz CT molecular complexity index is 616. The summed E-state index contributed by atoms with van der Waals surface area (Å²) in [5, 5.41) is 2.94. The monoisotopic (exact) mass is 390 g/mol. The van der Waals surface area contributed by atoms with Crippen LogP contribution in [0.2, 0.25) is 0 Å². The van der Waals surface area contributed by atoms with Gasteiger partial charge in [0.05, 0.1) is 0 Å². The lowest BCUT2D eigenvalue weighted by Crippen LogP contribution is -2.43. The minimum absolute atomic E-state index is 0.0228. The van der Waals surface area contributed by atoms with Crippen LogP contribution in [0.1, 0.15) is 59.3 Å². The third kappa shape index (κ3) is 6.51. The molecule has 156 valence electrons. The molecule has 2 amide bonds. The number of unbranched alkanes of at least 4 members (excludes halogenated alkanes) is 1. The van der Waals surface area contributed by atoms with Gasteiger partial charge in [0.2, 0.25) is 0 Å². The summed E-state index contributed by atoms with van der Waals surface area (Å²) in [6.45, 7) is 8.25. The maximum atomic E-state index is 12.8. The average molecular weight is 391 g/mol. The van der Waals surface area contributed by atoms with E-state index in [1.807, 2.05) is 18.7 Å². The molecule has 0 aliphatic carbocycles. The zero-order valence-corrected chi connectivity index (χ0v) is 17.5. The third-order valence-electron chi connectivity index (χ3n) is 5.05. The zero-order chi connectivity index (χ0) is 20.4. The van der Waals surface area contributed by atoms with Crippen molar-refractivity contribution < 1.29 is 19.1 Å². The fraction of sp³-hybridized carbons (Fsp3) is 0.636. The van der Waals surface area contributed by atoms with E-state index in [1.54, 1.807) is 24.3 Å². The number of carbonyl (C=O) groups excluding carboxylic acids is 2. The average Bonchev–Trinajstić information content (AvgIpc) is 3.25. The molecule has 0 bridgehead atoms.